The van der Waals surface area contributed by atoms with Gasteiger partial charge in [0.05, 0.1) is 51.4 Å². The fourth-order valence-corrected chi connectivity index (χ4v) is 4.83. The minimum absolute atomic E-state index is 0.247. The van der Waals surface area contributed by atoms with Crippen molar-refractivity contribution in [2.75, 3.05) is 34.0 Å². The number of aromatic nitrogens is 2. The van der Waals surface area contributed by atoms with E-state index in [0.29, 0.717) is 41.9 Å². The smallest absolute Gasteiger partial charge is 0.356 e. The number of benzene rings is 2. The molecule has 2 aromatic carbocycles. The molecule has 2 aromatic heterocycles. The average Bonchev–Trinajstić information content (AvgIpc) is 3.81. The molecule has 8 nitrogen and oxygen atoms in total. The molecular formula is C34H24F6N2O6. The molecular weight excluding hydrogens is 646 g/mol. The van der Waals surface area contributed by atoms with Crippen LogP contribution in [0.3, 0.4) is 0 Å². The highest BCUT2D eigenvalue weighted by Crippen LogP contribution is 2.33. The molecule has 0 aliphatic carbocycles. The van der Waals surface area contributed by atoms with Crippen LogP contribution in [0.2, 0.25) is 0 Å². The summed E-state index contributed by atoms with van der Waals surface area (Å²) in [6, 6.07) is 8.33. The van der Waals surface area contributed by atoms with Crippen LogP contribution >= 0.6 is 0 Å². The third-order valence-corrected chi connectivity index (χ3v) is 7.20. The van der Waals surface area contributed by atoms with Crippen LogP contribution in [0.25, 0.3) is 33.7 Å². The largest absolute Gasteiger partial charge is 0.501 e. The first-order chi connectivity index (χ1) is 23.0. The van der Waals surface area contributed by atoms with Gasteiger partial charge >= 0.3 is 11.9 Å². The van der Waals surface area contributed by atoms with E-state index in [-0.39, 0.29) is 18.0 Å². The van der Waals surface area contributed by atoms with Gasteiger partial charge in [-0.1, -0.05) is 6.08 Å². The molecule has 0 radical (unpaired) electrons. The van der Waals surface area contributed by atoms with Crippen LogP contribution in [-0.2, 0) is 18.9 Å². The molecule has 0 amide bonds. The molecule has 2 aliphatic heterocycles. The summed E-state index contributed by atoms with van der Waals surface area (Å²) in [6.07, 6.45) is 3.68. The number of carbonyl (C=O) groups is 2. The summed E-state index contributed by atoms with van der Waals surface area (Å²) in [5.41, 5.74) is -1.01. The zero-order valence-electron chi connectivity index (χ0n) is 25.2. The van der Waals surface area contributed by atoms with Crippen molar-refractivity contribution in [2.24, 2.45) is 0 Å². The Hall–Kier alpha value is -5.50. The number of carbonyl (C=O) groups excluding carboxylic acids is 2. The SMILES string of the molecule is COC(=O)c1ccc(F)c(-c2c(F)cc(C3=CCOC3)cc2F)n1.COC(=O)c1ccc(F)c(-c2c(F)cc(C3=COCC3)cc2F)n1. The lowest BCUT2D eigenvalue weighted by Crippen LogP contribution is -2.07. The summed E-state index contributed by atoms with van der Waals surface area (Å²) in [7, 11) is 2.25. The lowest BCUT2D eigenvalue weighted by Gasteiger charge is -2.10. The molecule has 248 valence electrons. The number of esters is 2. The van der Waals surface area contributed by atoms with Gasteiger partial charge in [0, 0.05) is 6.42 Å². The molecule has 0 fully saturated rings. The summed E-state index contributed by atoms with van der Waals surface area (Å²) in [6.45, 7) is 1.07. The summed E-state index contributed by atoms with van der Waals surface area (Å²) < 4.78 is 105. The second-order valence-corrected chi connectivity index (χ2v) is 10.2. The summed E-state index contributed by atoms with van der Waals surface area (Å²) in [5.74, 6) is -7.48. The van der Waals surface area contributed by atoms with E-state index in [0.717, 1.165) is 62.8 Å². The van der Waals surface area contributed by atoms with Crippen molar-refractivity contribution in [3.05, 3.63) is 118 Å². The Morgan fingerprint density at radius 2 is 1.12 bits per heavy atom. The average molecular weight is 671 g/mol. The zero-order valence-corrected chi connectivity index (χ0v) is 25.2. The van der Waals surface area contributed by atoms with Crippen molar-refractivity contribution in [1.82, 2.24) is 9.97 Å². The third-order valence-electron chi connectivity index (χ3n) is 7.20. The van der Waals surface area contributed by atoms with E-state index in [2.05, 4.69) is 19.4 Å². The maximum Gasteiger partial charge on any atom is 0.356 e. The molecule has 0 saturated heterocycles. The molecule has 2 aliphatic rings. The predicted molar refractivity (Wildman–Crippen MR) is 159 cm³/mol. The molecule has 0 unspecified atom stereocenters. The van der Waals surface area contributed by atoms with E-state index in [1.165, 1.54) is 6.26 Å². The van der Waals surface area contributed by atoms with Gasteiger partial charge < -0.3 is 18.9 Å². The number of methoxy groups -OCH3 is 2. The molecule has 14 heteroatoms. The predicted octanol–water partition coefficient (Wildman–Crippen LogP) is 7.08. The molecule has 0 bridgehead atoms. The number of ether oxygens (including phenoxy) is 4. The molecule has 0 N–H and O–H groups in total. The standard InChI is InChI=1S/2C17H12F3NO3/c2*1-23-17(22)14-3-2-11(18)16(21-14)15-12(19)6-10(7-13(15)20)9-4-5-24-8-9/h2-3,6-8H,4-5H2,1H3;2-4,6-7H,5,8H2,1H3. The highest BCUT2D eigenvalue weighted by Gasteiger charge is 2.24. The van der Waals surface area contributed by atoms with E-state index in [1.807, 2.05) is 0 Å². The molecule has 0 spiro atoms. The van der Waals surface area contributed by atoms with Gasteiger partial charge in [-0.05, 0) is 70.8 Å². The Morgan fingerprint density at radius 1 is 0.667 bits per heavy atom. The van der Waals surface area contributed by atoms with E-state index >= 15 is 0 Å². The third kappa shape index (κ3) is 7.08. The number of hydrogen-bond acceptors (Lipinski definition) is 8. The van der Waals surface area contributed by atoms with Crippen LogP contribution < -0.4 is 0 Å². The maximum absolute atomic E-state index is 14.4. The number of pyridine rings is 2. The second-order valence-electron chi connectivity index (χ2n) is 10.2. The van der Waals surface area contributed by atoms with Gasteiger partial charge in [-0.3, -0.25) is 0 Å². The lowest BCUT2D eigenvalue weighted by molar-refractivity contribution is 0.0585. The minimum atomic E-state index is -0.980. The van der Waals surface area contributed by atoms with Gasteiger partial charge in [-0.25, -0.2) is 45.9 Å². The zero-order chi connectivity index (χ0) is 34.5. The summed E-state index contributed by atoms with van der Waals surface area (Å²) >= 11 is 0. The van der Waals surface area contributed by atoms with Crippen LogP contribution in [0.5, 0.6) is 0 Å². The van der Waals surface area contributed by atoms with Crippen LogP contribution in [-0.4, -0.2) is 55.9 Å². The van der Waals surface area contributed by atoms with Gasteiger partial charge in [0.1, 0.15) is 57.7 Å². The Bertz CT molecular complexity index is 1790. The summed E-state index contributed by atoms with van der Waals surface area (Å²) in [5, 5.41) is 0. The van der Waals surface area contributed by atoms with E-state index in [9.17, 15) is 35.9 Å². The van der Waals surface area contributed by atoms with E-state index in [1.54, 1.807) is 6.08 Å². The van der Waals surface area contributed by atoms with Crippen molar-refractivity contribution < 1.29 is 54.9 Å². The fraction of sp³-hybridized carbons (Fsp3) is 0.176. The van der Waals surface area contributed by atoms with Gasteiger partial charge in [0.25, 0.3) is 0 Å². The minimum Gasteiger partial charge on any atom is -0.501 e. The second kappa shape index (κ2) is 14.5. The fourth-order valence-electron chi connectivity index (χ4n) is 4.83. The maximum atomic E-state index is 14.4. The topological polar surface area (TPSA) is 96.8 Å². The van der Waals surface area contributed by atoms with Gasteiger partial charge in [-0.2, -0.15) is 0 Å². The number of nitrogens with zero attached hydrogens (tertiary/aromatic N) is 2. The Morgan fingerprint density at radius 3 is 1.50 bits per heavy atom. The first kappa shape index (κ1) is 33.9. The van der Waals surface area contributed by atoms with Crippen molar-refractivity contribution in [3.63, 3.8) is 0 Å². The Balaban J connectivity index is 0.000000188. The molecule has 4 aromatic rings. The molecule has 4 heterocycles. The monoisotopic (exact) mass is 670 g/mol. The lowest BCUT2D eigenvalue weighted by atomic mass is 10.0. The highest BCUT2D eigenvalue weighted by atomic mass is 19.2. The normalized spacial score (nSPS) is 13.6. The van der Waals surface area contributed by atoms with Crippen molar-refractivity contribution in [3.8, 4) is 22.5 Å². The van der Waals surface area contributed by atoms with Crippen molar-refractivity contribution >= 4 is 23.1 Å². The number of rotatable bonds is 6. The number of hydrogen-bond donors (Lipinski definition) is 0. The number of halogens is 6. The van der Waals surface area contributed by atoms with Gasteiger partial charge in [0.2, 0.25) is 0 Å². The van der Waals surface area contributed by atoms with Gasteiger partial charge in [0.15, 0.2) is 0 Å². The molecule has 0 saturated carbocycles. The van der Waals surface area contributed by atoms with E-state index in [4.69, 9.17) is 9.47 Å². The van der Waals surface area contributed by atoms with Crippen LogP contribution in [0.4, 0.5) is 26.3 Å². The van der Waals surface area contributed by atoms with Crippen LogP contribution in [0, 0.1) is 34.9 Å². The Labute approximate surface area is 269 Å². The van der Waals surface area contributed by atoms with E-state index < -0.39 is 69.4 Å². The molecule has 0 atom stereocenters. The first-order valence-electron chi connectivity index (χ1n) is 14.1. The van der Waals surface area contributed by atoms with Crippen LogP contribution in [0.15, 0.2) is 60.9 Å². The van der Waals surface area contributed by atoms with Crippen molar-refractivity contribution in [1.29, 1.82) is 0 Å². The first-order valence-corrected chi connectivity index (χ1v) is 14.1. The molecule has 6 rings (SSSR count). The molecule has 48 heavy (non-hydrogen) atoms. The Kier molecular flexibility index (Phi) is 10.2. The van der Waals surface area contributed by atoms with Crippen LogP contribution in [0.1, 0.15) is 38.5 Å². The van der Waals surface area contributed by atoms with Crippen molar-refractivity contribution in [2.45, 2.75) is 6.42 Å². The summed E-state index contributed by atoms with van der Waals surface area (Å²) in [4.78, 5) is 30.4. The van der Waals surface area contributed by atoms with Gasteiger partial charge in [-0.15, -0.1) is 0 Å². The highest BCUT2D eigenvalue weighted by molar-refractivity contribution is 5.88. The quantitative estimate of drug-likeness (QED) is 0.159.